The summed E-state index contributed by atoms with van der Waals surface area (Å²) in [5, 5.41) is 0. The monoisotopic (exact) mass is 1100 g/mol. The summed E-state index contributed by atoms with van der Waals surface area (Å²) < 4.78 is 0. The first kappa shape index (κ1) is 52.7. The van der Waals surface area contributed by atoms with Gasteiger partial charge in [-0.25, -0.2) is 0 Å². The molecule has 0 bridgehead atoms. The highest BCUT2D eigenvalue weighted by Crippen LogP contribution is 2.55. The van der Waals surface area contributed by atoms with Crippen molar-refractivity contribution in [1.29, 1.82) is 0 Å². The maximum Gasteiger partial charge on any atom is 0.0490 e. The lowest BCUT2D eigenvalue weighted by Gasteiger charge is -2.38. The molecule has 0 N–H and O–H groups in total. The van der Waals surface area contributed by atoms with Crippen molar-refractivity contribution in [3.05, 3.63) is 259 Å². The quantitative estimate of drug-likeness (QED) is 0.150. The molecule has 84 heavy (non-hydrogen) atoms. The fraction of sp³-hybridized carbons (Fsp3) is 0.300. The molecule has 0 spiro atoms. The second kappa shape index (κ2) is 20.9. The third-order valence-corrected chi connectivity index (χ3v) is 21.1. The number of hydrogen-bond donors (Lipinski definition) is 0. The number of allylic oxidation sites excluding steroid dienone is 4. The van der Waals surface area contributed by atoms with Gasteiger partial charge in [0.25, 0.3) is 0 Å². The van der Waals surface area contributed by atoms with Crippen LogP contribution in [0.1, 0.15) is 172 Å². The van der Waals surface area contributed by atoms with Crippen molar-refractivity contribution in [2.45, 2.75) is 155 Å². The zero-order chi connectivity index (χ0) is 57.1. The molecule has 0 saturated heterocycles. The number of para-hydroxylation sites is 4. The number of fused-ring (bicyclic) bond motifs is 8. The molecule has 0 amide bonds. The first-order chi connectivity index (χ1) is 41.0. The van der Waals surface area contributed by atoms with E-state index in [0.29, 0.717) is 47.8 Å². The molecular weight excluding hydrogens is 1020 g/mol. The predicted molar refractivity (Wildman–Crippen MR) is 357 cm³/mol. The highest BCUT2D eigenvalue weighted by atomic mass is 15.2. The van der Waals surface area contributed by atoms with E-state index in [0.717, 1.165) is 38.5 Å². The lowest BCUT2D eigenvalue weighted by Crippen LogP contribution is -2.33. The highest BCUT2D eigenvalue weighted by Gasteiger charge is 2.39. The Balaban J connectivity index is 0.000000143. The Labute approximate surface area is 500 Å². The Morgan fingerprint density at radius 1 is 0.286 bits per heavy atom. The number of aryl methyl sites for hydroxylation is 2. The molecule has 420 valence electrons. The summed E-state index contributed by atoms with van der Waals surface area (Å²) in [7, 11) is 0. The normalized spacial score (nSPS) is 23.7. The summed E-state index contributed by atoms with van der Waals surface area (Å²) in [6.45, 7) is 18.9. The van der Waals surface area contributed by atoms with Crippen LogP contribution in [0, 0.1) is 0 Å². The number of hydrogen-bond acceptors (Lipinski definition) is 4. The van der Waals surface area contributed by atoms with E-state index in [1.165, 1.54) is 147 Å². The van der Waals surface area contributed by atoms with Crippen LogP contribution in [-0.4, -0.2) is 24.2 Å². The number of nitrogens with zero attached hydrogens (tertiary/aromatic N) is 4. The van der Waals surface area contributed by atoms with Crippen molar-refractivity contribution in [3.8, 4) is 0 Å². The van der Waals surface area contributed by atoms with Gasteiger partial charge in [0.2, 0.25) is 0 Å². The molecule has 4 aliphatic carbocycles. The molecule has 8 aliphatic rings. The second-order valence-corrected chi connectivity index (χ2v) is 26.2. The molecule has 8 unspecified atom stereocenters. The maximum absolute atomic E-state index is 2.61. The minimum absolute atomic E-state index is 0.433. The Kier molecular flexibility index (Phi) is 13.1. The number of anilines is 8. The van der Waals surface area contributed by atoms with Crippen LogP contribution >= 0.6 is 0 Å². The van der Waals surface area contributed by atoms with E-state index in [1.54, 1.807) is 0 Å². The SMILES string of the molecule is CC1=Cc2c(cccc2N2c3ccccc3CC2C)C1CC1C(C)=Cc2c1cccc2N1c2ccccc2CC1C.CC1=Cc2c(cccc2N2c3ccccc3CCC2C)C1CC1C(C)=Cc2c1cccc2N1c2ccccc2CCC1C. The van der Waals surface area contributed by atoms with Gasteiger partial charge in [-0.2, -0.15) is 0 Å². The van der Waals surface area contributed by atoms with Gasteiger partial charge in [-0.15, -0.1) is 0 Å². The van der Waals surface area contributed by atoms with E-state index in [2.05, 4.69) is 269 Å². The van der Waals surface area contributed by atoms with Gasteiger partial charge < -0.3 is 19.6 Å². The van der Waals surface area contributed by atoms with Crippen LogP contribution in [0.5, 0.6) is 0 Å². The van der Waals surface area contributed by atoms with E-state index < -0.39 is 0 Å². The van der Waals surface area contributed by atoms with Crippen LogP contribution in [0.4, 0.5) is 45.5 Å². The largest absolute Gasteiger partial charge is 0.338 e. The standard InChI is InChI=1S/C41H42N2.C39H38N2/c1-26-23-36-32(13-9-17-40(36)42-28(3)19-21-30-11-5-7-15-38(30)42)34(26)25-35-27(2)24-37-33(35)14-10-18-41(37)43-29(4)20-22-31-12-6-8-16-39(31)43;1-24-19-34-30(13-9-17-38(34)40-26(3)21-28-11-5-7-15-36(28)40)32(24)23-33-25(2)20-35-31(33)14-10-18-39(35)41-27(4)22-29-12-6-8-16-37(29)41/h5-18,23-24,28-29,34-35H,19-22,25H2,1-4H3;5-20,26-27,32-33H,21-23H2,1-4H3. The molecule has 4 heteroatoms. The molecular formula is C80H80N4. The number of rotatable bonds is 8. The first-order valence-corrected chi connectivity index (χ1v) is 31.7. The molecule has 16 rings (SSSR count). The van der Waals surface area contributed by atoms with E-state index in [-0.39, 0.29) is 0 Å². The lowest BCUT2D eigenvalue weighted by molar-refractivity contribution is 0.615. The summed E-state index contributed by atoms with van der Waals surface area (Å²) >= 11 is 0. The minimum atomic E-state index is 0.433. The van der Waals surface area contributed by atoms with Crippen molar-refractivity contribution in [3.63, 3.8) is 0 Å². The smallest absolute Gasteiger partial charge is 0.0490 e. The van der Waals surface area contributed by atoms with Crippen molar-refractivity contribution in [2.24, 2.45) is 0 Å². The minimum Gasteiger partial charge on any atom is -0.338 e. The Bertz CT molecular complexity index is 3810. The second-order valence-electron chi connectivity index (χ2n) is 26.2. The molecule has 0 aromatic heterocycles. The highest BCUT2D eigenvalue weighted by molar-refractivity contribution is 5.88. The van der Waals surface area contributed by atoms with Gasteiger partial charge >= 0.3 is 0 Å². The zero-order valence-corrected chi connectivity index (χ0v) is 50.5. The van der Waals surface area contributed by atoms with Crippen LogP contribution in [0.25, 0.3) is 24.3 Å². The molecule has 4 nitrogen and oxygen atoms in total. The van der Waals surface area contributed by atoms with Gasteiger partial charge in [0, 0.05) is 116 Å². The molecule has 8 atom stereocenters. The molecule has 8 aromatic carbocycles. The van der Waals surface area contributed by atoms with E-state index in [1.807, 2.05) is 0 Å². The van der Waals surface area contributed by atoms with Crippen LogP contribution in [-0.2, 0) is 25.7 Å². The summed E-state index contributed by atoms with van der Waals surface area (Å²) in [5.41, 5.74) is 34.5. The molecule has 4 aliphatic heterocycles. The van der Waals surface area contributed by atoms with Gasteiger partial charge in [-0.05, 0) is 200 Å². The van der Waals surface area contributed by atoms with E-state index in [4.69, 9.17) is 0 Å². The zero-order valence-electron chi connectivity index (χ0n) is 50.5. The third kappa shape index (κ3) is 8.59. The summed E-state index contributed by atoms with van der Waals surface area (Å²) in [5.74, 6) is 1.74. The van der Waals surface area contributed by atoms with Crippen LogP contribution < -0.4 is 19.6 Å². The molecule has 0 fully saturated rings. The van der Waals surface area contributed by atoms with Crippen molar-refractivity contribution < 1.29 is 0 Å². The topological polar surface area (TPSA) is 13.0 Å². The molecule has 0 radical (unpaired) electrons. The van der Waals surface area contributed by atoms with Gasteiger partial charge in [-0.3, -0.25) is 0 Å². The number of benzene rings is 8. The van der Waals surface area contributed by atoms with Gasteiger partial charge in [-0.1, -0.05) is 168 Å². The van der Waals surface area contributed by atoms with E-state index in [9.17, 15) is 0 Å². The maximum atomic E-state index is 2.61. The van der Waals surface area contributed by atoms with Gasteiger partial charge in [0.05, 0.1) is 0 Å². The van der Waals surface area contributed by atoms with Gasteiger partial charge in [0.1, 0.15) is 0 Å². The van der Waals surface area contributed by atoms with Crippen molar-refractivity contribution in [2.75, 3.05) is 19.6 Å². The fourth-order valence-corrected chi connectivity index (χ4v) is 17.0. The van der Waals surface area contributed by atoms with Crippen LogP contribution in [0.15, 0.2) is 192 Å². The average molecular weight is 1100 g/mol. The van der Waals surface area contributed by atoms with Gasteiger partial charge in [0.15, 0.2) is 0 Å². The summed E-state index contributed by atoms with van der Waals surface area (Å²) in [6, 6.07) is 65.9. The lowest BCUT2D eigenvalue weighted by atomic mass is 9.82. The fourth-order valence-electron chi connectivity index (χ4n) is 17.0. The average Bonchev–Trinajstić information content (AvgIpc) is 3.58. The molecule has 4 heterocycles. The van der Waals surface area contributed by atoms with E-state index >= 15 is 0 Å². The molecule has 8 aromatic rings. The van der Waals surface area contributed by atoms with Crippen LogP contribution in [0.2, 0.25) is 0 Å². The Morgan fingerprint density at radius 3 is 0.845 bits per heavy atom. The predicted octanol–water partition coefficient (Wildman–Crippen LogP) is 20.7. The molecule has 0 saturated carbocycles. The van der Waals surface area contributed by atoms with Crippen molar-refractivity contribution in [1.82, 2.24) is 0 Å². The summed E-state index contributed by atoms with van der Waals surface area (Å²) in [6.07, 6.45) is 19.1. The van der Waals surface area contributed by atoms with Crippen LogP contribution in [0.3, 0.4) is 0 Å². The van der Waals surface area contributed by atoms with Crippen molar-refractivity contribution >= 4 is 69.8 Å². The Hall–Kier alpha value is -8.08. The third-order valence-electron chi connectivity index (χ3n) is 21.1. The Morgan fingerprint density at radius 2 is 0.536 bits per heavy atom. The first-order valence-electron chi connectivity index (χ1n) is 31.7. The summed E-state index contributed by atoms with van der Waals surface area (Å²) in [4.78, 5) is 10.4.